The van der Waals surface area contributed by atoms with E-state index in [1.54, 1.807) is 4.90 Å². The van der Waals surface area contributed by atoms with Gasteiger partial charge in [0.2, 0.25) is 11.8 Å². The van der Waals surface area contributed by atoms with Crippen molar-refractivity contribution in [3.8, 4) is 23.3 Å². The molecule has 1 atom stereocenters. The quantitative estimate of drug-likeness (QED) is 0.0969. The molecule has 3 aliphatic heterocycles. The minimum absolute atomic E-state index is 0.165. The SMILES string of the molecule is N#Cc1ccc(Oc2ccc3c(c2)COB3O)cc1CCCCCCCc1ccc(OCc2scc3c2CN(C2CCC(=O)NC2=O)C3=O)cc1. The first-order valence-electron chi connectivity index (χ1n) is 17.5. The van der Waals surface area contributed by atoms with E-state index in [0.29, 0.717) is 48.8 Å². The number of carbonyl (C=O) groups excluding carboxylic acids is 3. The zero-order valence-electron chi connectivity index (χ0n) is 28.2. The maximum atomic E-state index is 13.0. The molecule has 4 heterocycles. The van der Waals surface area contributed by atoms with Gasteiger partial charge >= 0.3 is 7.12 Å². The van der Waals surface area contributed by atoms with Gasteiger partial charge in [0.05, 0.1) is 23.8 Å². The van der Waals surface area contributed by atoms with Gasteiger partial charge in [-0.2, -0.15) is 5.26 Å². The Labute approximate surface area is 301 Å². The molecule has 3 aliphatic rings. The third kappa shape index (κ3) is 7.86. The zero-order chi connectivity index (χ0) is 35.3. The fraction of sp³-hybridized carbons (Fsp3) is 0.333. The lowest BCUT2D eigenvalue weighted by atomic mass is 9.80. The summed E-state index contributed by atoms with van der Waals surface area (Å²) < 4.78 is 17.4. The summed E-state index contributed by atoms with van der Waals surface area (Å²) >= 11 is 1.49. The molecule has 1 saturated heterocycles. The van der Waals surface area contributed by atoms with Gasteiger partial charge in [-0.15, -0.1) is 11.3 Å². The summed E-state index contributed by atoms with van der Waals surface area (Å²) in [6.07, 6.45) is 7.80. The van der Waals surface area contributed by atoms with Crippen molar-refractivity contribution in [2.24, 2.45) is 0 Å². The third-order valence-electron chi connectivity index (χ3n) is 9.80. The van der Waals surface area contributed by atoms with Gasteiger partial charge in [-0.05, 0) is 96.7 Å². The van der Waals surface area contributed by atoms with Crippen LogP contribution < -0.4 is 20.3 Å². The predicted molar refractivity (Wildman–Crippen MR) is 192 cm³/mol. The zero-order valence-corrected chi connectivity index (χ0v) is 29.0. The molecule has 7 rings (SSSR count). The number of nitrogens with one attached hydrogen (secondary N) is 1. The molecular formula is C39H38BN3O7S. The summed E-state index contributed by atoms with van der Waals surface area (Å²) in [5.41, 5.74) is 6.13. The van der Waals surface area contributed by atoms with Crippen LogP contribution in [-0.2, 0) is 46.8 Å². The van der Waals surface area contributed by atoms with Gasteiger partial charge in [-0.3, -0.25) is 19.7 Å². The summed E-state index contributed by atoms with van der Waals surface area (Å²) in [4.78, 5) is 39.4. The van der Waals surface area contributed by atoms with Crippen LogP contribution in [0.1, 0.15) is 88.0 Å². The third-order valence-corrected chi connectivity index (χ3v) is 10.8. The van der Waals surface area contributed by atoms with E-state index in [0.717, 1.165) is 77.7 Å². The number of benzene rings is 3. The van der Waals surface area contributed by atoms with Crippen molar-refractivity contribution in [3.05, 3.63) is 104 Å². The maximum absolute atomic E-state index is 13.0. The normalized spacial score (nSPS) is 16.5. The molecule has 0 spiro atoms. The Hall–Kier alpha value is -4.96. The topological polar surface area (TPSA) is 138 Å². The van der Waals surface area contributed by atoms with Gasteiger partial charge in [0.1, 0.15) is 29.9 Å². The Morgan fingerprint density at radius 1 is 0.961 bits per heavy atom. The monoisotopic (exact) mass is 703 g/mol. The molecule has 1 aromatic heterocycles. The van der Waals surface area contributed by atoms with Crippen molar-refractivity contribution in [2.45, 2.75) is 83.6 Å². The first kappa shape index (κ1) is 34.5. The molecule has 10 nitrogen and oxygen atoms in total. The lowest BCUT2D eigenvalue weighted by molar-refractivity contribution is -0.136. The second-order valence-corrected chi connectivity index (χ2v) is 14.2. The van der Waals surface area contributed by atoms with Crippen molar-refractivity contribution in [2.75, 3.05) is 0 Å². The van der Waals surface area contributed by atoms with Gasteiger partial charge in [0.15, 0.2) is 0 Å². The second-order valence-electron chi connectivity index (χ2n) is 13.2. The average Bonchev–Trinajstić information content (AvgIpc) is 3.81. The summed E-state index contributed by atoms with van der Waals surface area (Å²) in [5.74, 6) is 1.26. The average molecular weight is 704 g/mol. The van der Waals surface area contributed by atoms with Crippen LogP contribution in [-0.4, -0.2) is 40.8 Å². The minimum atomic E-state index is -0.881. The molecule has 0 aliphatic carbocycles. The highest BCUT2D eigenvalue weighted by Gasteiger charge is 2.40. The van der Waals surface area contributed by atoms with Crippen molar-refractivity contribution in [1.82, 2.24) is 10.2 Å². The number of hydrogen-bond acceptors (Lipinski definition) is 9. The number of amides is 3. The first-order chi connectivity index (χ1) is 24.9. The van der Waals surface area contributed by atoms with Crippen LogP contribution in [0.4, 0.5) is 0 Å². The molecule has 51 heavy (non-hydrogen) atoms. The number of nitriles is 1. The number of hydrogen-bond donors (Lipinski definition) is 2. The molecule has 1 fully saturated rings. The number of ether oxygens (including phenoxy) is 2. The fourth-order valence-electron chi connectivity index (χ4n) is 6.96. The minimum Gasteiger partial charge on any atom is -0.488 e. The highest BCUT2D eigenvalue weighted by Crippen LogP contribution is 2.34. The van der Waals surface area contributed by atoms with Crippen LogP contribution in [0.25, 0.3) is 0 Å². The number of thiophene rings is 1. The van der Waals surface area contributed by atoms with Crippen molar-refractivity contribution in [1.29, 1.82) is 5.26 Å². The Kier molecular flexibility index (Phi) is 10.5. The van der Waals surface area contributed by atoms with E-state index in [1.165, 1.54) is 16.9 Å². The molecule has 0 bridgehead atoms. The lowest BCUT2D eigenvalue weighted by Crippen LogP contribution is -2.52. The van der Waals surface area contributed by atoms with E-state index in [9.17, 15) is 24.7 Å². The molecule has 2 N–H and O–H groups in total. The first-order valence-corrected chi connectivity index (χ1v) is 18.3. The Bertz CT molecular complexity index is 1990. The summed E-state index contributed by atoms with van der Waals surface area (Å²) in [6.45, 7) is 1.05. The molecule has 3 amide bonds. The number of unbranched alkanes of at least 4 members (excludes halogenated alkanes) is 4. The molecule has 4 aromatic rings. The van der Waals surface area contributed by atoms with Crippen LogP contribution in [0.3, 0.4) is 0 Å². The molecule has 3 aromatic carbocycles. The highest BCUT2D eigenvalue weighted by molar-refractivity contribution is 7.10. The number of carbonyl (C=O) groups is 3. The number of fused-ring (bicyclic) bond motifs is 2. The van der Waals surface area contributed by atoms with Gasteiger partial charge in [-0.1, -0.05) is 37.5 Å². The standard InChI is InChI=1S/C39H38BN3O7S/c41-20-27-10-13-30(50-31-14-15-34-28(19-31)22-49-40(34)47)18-26(27)7-5-3-1-2-4-6-25-8-11-29(12-9-25)48-23-36-32-21-43(39(46)33(32)24-51-36)35-16-17-37(44)42-38(35)45/h8-15,18-19,24,35,47H,1-7,16-17,21-23H2,(H,42,44,45). The van der Waals surface area contributed by atoms with Gasteiger partial charge in [-0.25, -0.2) is 0 Å². The van der Waals surface area contributed by atoms with E-state index < -0.39 is 19.1 Å². The van der Waals surface area contributed by atoms with Crippen molar-refractivity contribution < 1.29 is 33.5 Å². The van der Waals surface area contributed by atoms with E-state index >= 15 is 0 Å². The van der Waals surface area contributed by atoms with Gasteiger partial charge < -0.3 is 24.1 Å². The number of nitrogens with zero attached hydrogens (tertiary/aromatic N) is 2. The summed E-state index contributed by atoms with van der Waals surface area (Å²) in [6, 6.07) is 21.0. The molecule has 0 radical (unpaired) electrons. The lowest BCUT2D eigenvalue weighted by Gasteiger charge is -2.29. The largest absolute Gasteiger partial charge is 0.491 e. The van der Waals surface area contributed by atoms with E-state index in [1.807, 2.05) is 53.9 Å². The van der Waals surface area contributed by atoms with Crippen LogP contribution >= 0.6 is 11.3 Å². The highest BCUT2D eigenvalue weighted by atomic mass is 32.1. The Morgan fingerprint density at radius 2 is 1.71 bits per heavy atom. The van der Waals surface area contributed by atoms with Crippen LogP contribution in [0, 0.1) is 11.3 Å². The molecular weight excluding hydrogens is 665 g/mol. The number of rotatable bonds is 14. The Balaban J connectivity index is 0.814. The summed E-state index contributed by atoms with van der Waals surface area (Å²) in [5, 5.41) is 23.7. The summed E-state index contributed by atoms with van der Waals surface area (Å²) in [7, 11) is -0.881. The van der Waals surface area contributed by atoms with E-state index in [2.05, 4.69) is 23.5 Å². The molecule has 260 valence electrons. The number of piperidine rings is 1. The second kappa shape index (κ2) is 15.5. The van der Waals surface area contributed by atoms with Crippen molar-refractivity contribution in [3.63, 3.8) is 0 Å². The number of aryl methyl sites for hydroxylation is 2. The molecule has 0 saturated carbocycles. The van der Waals surface area contributed by atoms with E-state index in [-0.39, 0.29) is 18.2 Å². The predicted octanol–water partition coefficient (Wildman–Crippen LogP) is 5.71. The van der Waals surface area contributed by atoms with E-state index in [4.69, 9.17) is 14.1 Å². The number of imide groups is 1. The maximum Gasteiger partial charge on any atom is 0.491 e. The van der Waals surface area contributed by atoms with Gasteiger partial charge in [0, 0.05) is 28.8 Å². The molecule has 12 heteroatoms. The fourth-order valence-corrected chi connectivity index (χ4v) is 7.90. The smallest absolute Gasteiger partial charge is 0.488 e. The van der Waals surface area contributed by atoms with Crippen LogP contribution in [0.2, 0.25) is 0 Å². The Morgan fingerprint density at radius 3 is 2.51 bits per heavy atom. The van der Waals surface area contributed by atoms with Crippen LogP contribution in [0.15, 0.2) is 66.0 Å². The molecule has 1 unspecified atom stereocenters. The van der Waals surface area contributed by atoms with Crippen LogP contribution in [0.5, 0.6) is 17.2 Å². The van der Waals surface area contributed by atoms with Gasteiger partial charge in [0.25, 0.3) is 5.91 Å². The van der Waals surface area contributed by atoms with Crippen molar-refractivity contribution >= 4 is 41.6 Å².